The van der Waals surface area contributed by atoms with Gasteiger partial charge in [-0.15, -0.1) is 11.3 Å². The first-order valence-corrected chi connectivity index (χ1v) is 10.3. The summed E-state index contributed by atoms with van der Waals surface area (Å²) < 4.78 is 4.88. The van der Waals surface area contributed by atoms with Crippen molar-refractivity contribution in [3.8, 4) is 10.6 Å². The van der Waals surface area contributed by atoms with Gasteiger partial charge in [0.25, 0.3) is 0 Å². The highest BCUT2D eigenvalue weighted by Crippen LogP contribution is 2.25. The number of benzene rings is 2. The number of thiazole rings is 1. The van der Waals surface area contributed by atoms with Crippen LogP contribution in [0.2, 0.25) is 10.0 Å². The predicted octanol–water partition coefficient (Wildman–Crippen LogP) is 5.54. The highest BCUT2D eigenvalue weighted by atomic mass is 35.5. The average molecular weight is 453 g/mol. The van der Waals surface area contributed by atoms with Gasteiger partial charge in [0.15, 0.2) is 0 Å². The Bertz CT molecular complexity index is 926. The minimum Gasteiger partial charge on any atom is -0.466 e. The molecule has 0 spiro atoms. The molecule has 0 aliphatic heterocycles. The van der Waals surface area contributed by atoms with Crippen LogP contribution in [0.25, 0.3) is 10.6 Å². The van der Waals surface area contributed by atoms with Crippen LogP contribution in [-0.4, -0.2) is 22.5 Å². The molecule has 8 heteroatoms. The second-order valence-corrected chi connectivity index (χ2v) is 7.67. The molecular formula is C20H18Cl2N2O2S2. The number of aromatic nitrogens is 1. The molecule has 4 nitrogen and oxygen atoms in total. The van der Waals surface area contributed by atoms with E-state index in [0.717, 1.165) is 21.8 Å². The third kappa shape index (κ3) is 7.20. The van der Waals surface area contributed by atoms with Crippen molar-refractivity contribution < 1.29 is 9.53 Å². The van der Waals surface area contributed by atoms with Gasteiger partial charge in [0.1, 0.15) is 10.00 Å². The van der Waals surface area contributed by atoms with Crippen LogP contribution in [0.1, 0.15) is 18.2 Å². The van der Waals surface area contributed by atoms with Gasteiger partial charge >= 0.3 is 5.97 Å². The number of ether oxygens (including phenoxy) is 1. The molecule has 1 heterocycles. The average Bonchev–Trinajstić information content (AvgIpc) is 3.12. The summed E-state index contributed by atoms with van der Waals surface area (Å²) in [5, 5.41) is 4.15. The first-order valence-electron chi connectivity index (χ1n) is 8.30. The van der Waals surface area contributed by atoms with E-state index >= 15 is 0 Å². The molecule has 3 rings (SSSR count). The Morgan fingerprint density at radius 3 is 2.21 bits per heavy atom. The monoisotopic (exact) mass is 452 g/mol. The molecule has 28 heavy (non-hydrogen) atoms. The number of hydrogen-bond acceptors (Lipinski definition) is 5. The Hall–Kier alpha value is -1.99. The first kappa shape index (κ1) is 22.3. The first-order chi connectivity index (χ1) is 13.4. The number of esters is 1. The van der Waals surface area contributed by atoms with E-state index < -0.39 is 0 Å². The van der Waals surface area contributed by atoms with Gasteiger partial charge in [0.05, 0.1) is 18.7 Å². The predicted molar refractivity (Wildman–Crippen MR) is 120 cm³/mol. The van der Waals surface area contributed by atoms with Crippen molar-refractivity contribution in [3.63, 3.8) is 0 Å². The van der Waals surface area contributed by atoms with Crippen LogP contribution in [0.4, 0.5) is 0 Å². The van der Waals surface area contributed by atoms with Crippen LogP contribution >= 0.6 is 46.8 Å². The van der Waals surface area contributed by atoms with E-state index in [4.69, 9.17) is 45.9 Å². The molecule has 3 aromatic rings. The SMILES string of the molecule is CCOC(=O)Cc1csc(-c2ccc(Cl)cc2)n1.NC(=S)c1ccc(Cl)cc1. The van der Waals surface area contributed by atoms with E-state index in [0.29, 0.717) is 21.6 Å². The molecule has 2 N–H and O–H groups in total. The summed E-state index contributed by atoms with van der Waals surface area (Å²) >= 11 is 17.7. The van der Waals surface area contributed by atoms with E-state index in [1.54, 1.807) is 31.2 Å². The molecule has 0 saturated carbocycles. The normalized spacial score (nSPS) is 9.96. The van der Waals surface area contributed by atoms with E-state index in [9.17, 15) is 4.79 Å². The van der Waals surface area contributed by atoms with Crippen molar-refractivity contribution in [3.05, 3.63) is 75.2 Å². The summed E-state index contributed by atoms with van der Waals surface area (Å²) in [7, 11) is 0. The van der Waals surface area contributed by atoms with Crippen LogP contribution in [0.3, 0.4) is 0 Å². The lowest BCUT2D eigenvalue weighted by Gasteiger charge is -1.98. The molecule has 2 aromatic carbocycles. The second kappa shape index (κ2) is 11.1. The molecule has 146 valence electrons. The molecule has 0 bridgehead atoms. The van der Waals surface area contributed by atoms with Crippen LogP contribution in [-0.2, 0) is 16.0 Å². The van der Waals surface area contributed by atoms with Crippen molar-refractivity contribution in [1.29, 1.82) is 0 Å². The van der Waals surface area contributed by atoms with Gasteiger partial charge in [-0.25, -0.2) is 4.98 Å². The fraction of sp³-hybridized carbons (Fsp3) is 0.150. The molecule has 1 aromatic heterocycles. The number of nitrogens with zero attached hydrogens (tertiary/aromatic N) is 1. The third-order valence-corrected chi connectivity index (χ3v) is 5.08. The van der Waals surface area contributed by atoms with Gasteiger partial charge in [-0.05, 0) is 31.2 Å². The molecule has 0 amide bonds. The maximum Gasteiger partial charge on any atom is 0.311 e. The third-order valence-electron chi connectivity index (χ3n) is 3.40. The molecule has 0 radical (unpaired) electrons. The van der Waals surface area contributed by atoms with Gasteiger partial charge in [-0.2, -0.15) is 0 Å². The summed E-state index contributed by atoms with van der Waals surface area (Å²) in [5.74, 6) is -0.245. The quantitative estimate of drug-likeness (QED) is 0.406. The van der Waals surface area contributed by atoms with Gasteiger partial charge in [-0.3, -0.25) is 4.79 Å². The molecule has 0 atom stereocenters. The lowest BCUT2D eigenvalue weighted by Crippen LogP contribution is -2.08. The highest BCUT2D eigenvalue weighted by Gasteiger charge is 2.09. The van der Waals surface area contributed by atoms with Crippen molar-refractivity contribution in [2.45, 2.75) is 13.3 Å². The minimum atomic E-state index is -0.245. The summed E-state index contributed by atoms with van der Waals surface area (Å²) in [4.78, 5) is 16.1. The van der Waals surface area contributed by atoms with Crippen LogP contribution < -0.4 is 5.73 Å². The zero-order valence-electron chi connectivity index (χ0n) is 15.0. The van der Waals surface area contributed by atoms with E-state index in [2.05, 4.69) is 4.98 Å². The zero-order valence-corrected chi connectivity index (χ0v) is 18.2. The summed E-state index contributed by atoms with van der Waals surface area (Å²) in [6.07, 6.45) is 0.220. The van der Waals surface area contributed by atoms with Crippen LogP contribution in [0.15, 0.2) is 53.9 Å². The Balaban J connectivity index is 0.000000237. The smallest absolute Gasteiger partial charge is 0.311 e. The Morgan fingerprint density at radius 2 is 1.68 bits per heavy atom. The maximum absolute atomic E-state index is 11.3. The lowest BCUT2D eigenvalue weighted by atomic mass is 10.2. The molecule has 0 fully saturated rings. The van der Waals surface area contributed by atoms with Crippen molar-refractivity contribution >= 4 is 57.7 Å². The van der Waals surface area contributed by atoms with Gasteiger partial charge in [0, 0.05) is 26.6 Å². The van der Waals surface area contributed by atoms with Crippen molar-refractivity contribution in [1.82, 2.24) is 4.98 Å². The number of carbonyl (C=O) groups is 1. The molecular weight excluding hydrogens is 435 g/mol. The summed E-state index contributed by atoms with van der Waals surface area (Å²) in [6.45, 7) is 2.19. The van der Waals surface area contributed by atoms with Crippen LogP contribution in [0, 0.1) is 0 Å². The fourth-order valence-electron chi connectivity index (χ4n) is 2.09. The number of nitrogens with two attached hydrogens (primary N) is 1. The minimum absolute atomic E-state index is 0.220. The zero-order chi connectivity index (χ0) is 20.5. The maximum atomic E-state index is 11.3. The van der Waals surface area contributed by atoms with Crippen molar-refractivity contribution in [2.75, 3.05) is 6.61 Å². The van der Waals surface area contributed by atoms with Gasteiger partial charge in [-0.1, -0.05) is 59.7 Å². The Kier molecular flexibility index (Phi) is 8.86. The molecule has 0 aliphatic carbocycles. The van der Waals surface area contributed by atoms with Gasteiger partial charge < -0.3 is 10.5 Å². The number of halogens is 2. The lowest BCUT2D eigenvalue weighted by molar-refractivity contribution is -0.142. The molecule has 0 unspecified atom stereocenters. The molecule has 0 saturated heterocycles. The van der Waals surface area contributed by atoms with E-state index in [1.807, 2.05) is 29.6 Å². The van der Waals surface area contributed by atoms with Gasteiger partial charge in [0.2, 0.25) is 0 Å². The Morgan fingerprint density at radius 1 is 1.11 bits per heavy atom. The Labute approximate surface area is 183 Å². The standard InChI is InChI=1S/C13H12ClNO2S.C7H6ClNS/c1-2-17-12(16)7-11-8-18-13(15-11)9-3-5-10(14)6-4-9;8-6-3-1-5(2-4-6)7(9)10/h3-6,8H,2,7H2,1H3;1-4H,(H2,9,10). The van der Waals surface area contributed by atoms with E-state index in [-0.39, 0.29) is 12.4 Å². The topological polar surface area (TPSA) is 65.2 Å². The fourth-order valence-corrected chi connectivity index (χ4v) is 3.30. The number of rotatable bonds is 5. The summed E-state index contributed by atoms with van der Waals surface area (Å²) in [5.41, 5.74) is 7.94. The molecule has 0 aliphatic rings. The van der Waals surface area contributed by atoms with Crippen LogP contribution in [0.5, 0.6) is 0 Å². The number of hydrogen-bond donors (Lipinski definition) is 1. The largest absolute Gasteiger partial charge is 0.466 e. The summed E-state index contributed by atoms with van der Waals surface area (Å²) in [6, 6.07) is 14.6. The number of carbonyl (C=O) groups excluding carboxylic acids is 1. The van der Waals surface area contributed by atoms with E-state index in [1.165, 1.54) is 11.3 Å². The number of thiocarbonyl (C=S) groups is 1. The highest BCUT2D eigenvalue weighted by molar-refractivity contribution is 7.80. The van der Waals surface area contributed by atoms with Crippen molar-refractivity contribution in [2.24, 2.45) is 5.73 Å². The second-order valence-electron chi connectivity index (χ2n) is 5.50.